The average Bonchev–Trinajstić information content (AvgIpc) is 2.74. The van der Waals surface area contributed by atoms with Gasteiger partial charge >= 0.3 is 0 Å². The Morgan fingerprint density at radius 1 is 1.56 bits per heavy atom. The maximum atomic E-state index is 8.51. The summed E-state index contributed by atoms with van der Waals surface area (Å²) >= 11 is 0. The van der Waals surface area contributed by atoms with E-state index in [1.165, 1.54) is 6.33 Å². The molecule has 0 unspecified atom stereocenters. The molecular formula is C9H12N6O. The Bertz CT molecular complexity index is 532. The minimum Gasteiger partial charge on any atom is -0.411 e. The first-order valence-electron chi connectivity index (χ1n) is 4.83. The van der Waals surface area contributed by atoms with Crippen LogP contribution in [0.25, 0.3) is 11.2 Å². The van der Waals surface area contributed by atoms with Crippen LogP contribution in [-0.4, -0.2) is 30.9 Å². The maximum absolute atomic E-state index is 8.51. The molecule has 16 heavy (non-hydrogen) atoms. The van der Waals surface area contributed by atoms with E-state index in [1.54, 1.807) is 6.92 Å². The predicted octanol–water partition coefficient (Wildman–Crippen LogP) is 0.718. The summed E-state index contributed by atoms with van der Waals surface area (Å²) in [7, 11) is 0. The highest BCUT2D eigenvalue weighted by molar-refractivity contribution is 5.82. The minimum absolute atomic E-state index is 0.385. The van der Waals surface area contributed by atoms with Gasteiger partial charge in [0.15, 0.2) is 11.5 Å². The van der Waals surface area contributed by atoms with Crippen LogP contribution in [0.1, 0.15) is 19.2 Å². The summed E-state index contributed by atoms with van der Waals surface area (Å²) in [5.74, 6) is 0.983. The van der Waals surface area contributed by atoms with E-state index in [2.05, 4.69) is 25.1 Å². The van der Waals surface area contributed by atoms with Gasteiger partial charge in [-0.25, -0.2) is 15.0 Å². The number of nitrogens with two attached hydrogens (primary N) is 1. The first-order chi connectivity index (χ1) is 7.70. The van der Waals surface area contributed by atoms with Gasteiger partial charge in [-0.15, -0.1) is 0 Å². The Hall–Kier alpha value is -2.18. The molecular weight excluding hydrogens is 208 g/mol. The fourth-order valence-electron chi connectivity index (χ4n) is 1.36. The van der Waals surface area contributed by atoms with Gasteiger partial charge in [-0.2, -0.15) is 0 Å². The lowest BCUT2D eigenvalue weighted by molar-refractivity contribution is 0.317. The van der Waals surface area contributed by atoms with Crippen molar-refractivity contribution >= 4 is 22.7 Å². The largest absolute Gasteiger partial charge is 0.411 e. The zero-order valence-corrected chi connectivity index (χ0v) is 8.80. The van der Waals surface area contributed by atoms with Crippen molar-refractivity contribution < 1.29 is 5.21 Å². The molecule has 0 spiro atoms. The lowest BCUT2D eigenvalue weighted by atomic mass is 10.2. The Labute approximate surface area is 91.4 Å². The number of H-pyrrole nitrogens is 1. The third-order valence-corrected chi connectivity index (χ3v) is 2.24. The summed E-state index contributed by atoms with van der Waals surface area (Å²) in [4.78, 5) is 15.3. The second kappa shape index (κ2) is 4.13. The number of hydrogen-bond donors (Lipinski definition) is 3. The monoisotopic (exact) mass is 220 g/mol. The highest BCUT2D eigenvalue weighted by Gasteiger charge is 2.07. The molecule has 0 aliphatic carbocycles. The molecule has 0 aromatic carbocycles. The van der Waals surface area contributed by atoms with Crippen LogP contribution >= 0.6 is 0 Å². The van der Waals surface area contributed by atoms with Gasteiger partial charge in [0.05, 0.1) is 12.0 Å². The summed E-state index contributed by atoms with van der Waals surface area (Å²) in [6.07, 6.45) is 2.69. The first-order valence-corrected chi connectivity index (χ1v) is 4.83. The topological polar surface area (TPSA) is 113 Å². The number of nitrogen functional groups attached to an aromatic ring is 1. The summed E-state index contributed by atoms with van der Waals surface area (Å²) < 4.78 is 0. The SMILES string of the molecule is CC(CCc1nc(N)c2[nH]cnc2n1)=NO. The zero-order chi connectivity index (χ0) is 11.5. The molecule has 0 saturated carbocycles. The van der Waals surface area contributed by atoms with Crippen molar-refractivity contribution in [2.45, 2.75) is 19.8 Å². The van der Waals surface area contributed by atoms with Crippen LogP contribution in [-0.2, 0) is 6.42 Å². The van der Waals surface area contributed by atoms with Crippen LogP contribution in [0.3, 0.4) is 0 Å². The third-order valence-electron chi connectivity index (χ3n) is 2.24. The van der Waals surface area contributed by atoms with Gasteiger partial charge in [-0.05, 0) is 13.3 Å². The molecule has 0 bridgehead atoms. The highest BCUT2D eigenvalue weighted by atomic mass is 16.4. The van der Waals surface area contributed by atoms with Gasteiger partial charge < -0.3 is 15.9 Å². The summed E-state index contributed by atoms with van der Waals surface area (Å²) in [5, 5.41) is 11.6. The number of anilines is 1. The molecule has 4 N–H and O–H groups in total. The van der Waals surface area contributed by atoms with Crippen LogP contribution in [0, 0.1) is 0 Å². The van der Waals surface area contributed by atoms with Crippen LogP contribution in [0.5, 0.6) is 0 Å². The maximum Gasteiger partial charge on any atom is 0.183 e. The Morgan fingerprint density at radius 2 is 2.38 bits per heavy atom. The molecule has 84 valence electrons. The average molecular weight is 220 g/mol. The van der Waals surface area contributed by atoms with Crippen molar-refractivity contribution in [3.8, 4) is 0 Å². The van der Waals surface area contributed by atoms with Crippen molar-refractivity contribution in [1.29, 1.82) is 0 Å². The van der Waals surface area contributed by atoms with Crippen molar-refractivity contribution in [2.75, 3.05) is 5.73 Å². The number of aromatic amines is 1. The molecule has 0 radical (unpaired) electrons. The van der Waals surface area contributed by atoms with Gasteiger partial charge in [0, 0.05) is 6.42 Å². The van der Waals surface area contributed by atoms with Gasteiger partial charge in [-0.1, -0.05) is 5.16 Å². The molecule has 2 heterocycles. The van der Waals surface area contributed by atoms with Gasteiger partial charge in [0.2, 0.25) is 0 Å². The third kappa shape index (κ3) is 1.92. The smallest absolute Gasteiger partial charge is 0.183 e. The van der Waals surface area contributed by atoms with Gasteiger partial charge in [0.1, 0.15) is 11.3 Å². The Kier molecular flexibility index (Phi) is 2.67. The first kappa shape index (κ1) is 10.3. The van der Waals surface area contributed by atoms with E-state index < -0.39 is 0 Å². The number of aromatic nitrogens is 4. The van der Waals surface area contributed by atoms with E-state index in [0.717, 1.165) is 0 Å². The van der Waals surface area contributed by atoms with Crippen LogP contribution < -0.4 is 5.73 Å². The number of hydrogen-bond acceptors (Lipinski definition) is 6. The molecule has 2 aromatic heterocycles. The fourth-order valence-corrected chi connectivity index (χ4v) is 1.36. The number of nitrogens with one attached hydrogen (secondary N) is 1. The fraction of sp³-hybridized carbons (Fsp3) is 0.333. The van der Waals surface area contributed by atoms with E-state index in [1.807, 2.05) is 0 Å². The van der Waals surface area contributed by atoms with Crippen molar-refractivity contribution in [2.24, 2.45) is 5.16 Å². The second-order valence-electron chi connectivity index (χ2n) is 3.46. The van der Waals surface area contributed by atoms with E-state index in [9.17, 15) is 0 Å². The molecule has 7 nitrogen and oxygen atoms in total. The summed E-state index contributed by atoms with van der Waals surface area (Å²) in [6.45, 7) is 1.73. The normalized spacial score (nSPS) is 12.2. The number of aryl methyl sites for hydroxylation is 1. The number of fused-ring (bicyclic) bond motifs is 1. The second-order valence-corrected chi connectivity index (χ2v) is 3.46. The predicted molar refractivity (Wildman–Crippen MR) is 59.3 cm³/mol. The van der Waals surface area contributed by atoms with Crippen LogP contribution in [0.2, 0.25) is 0 Å². The molecule has 0 atom stereocenters. The summed E-state index contributed by atoms with van der Waals surface area (Å²) in [6, 6.07) is 0. The lowest BCUT2D eigenvalue weighted by Gasteiger charge is -2.01. The van der Waals surface area contributed by atoms with Crippen molar-refractivity contribution in [1.82, 2.24) is 19.9 Å². The highest BCUT2D eigenvalue weighted by Crippen LogP contribution is 2.13. The number of nitrogens with zero attached hydrogens (tertiary/aromatic N) is 4. The number of oxime groups is 1. The molecule has 2 rings (SSSR count). The van der Waals surface area contributed by atoms with E-state index in [4.69, 9.17) is 10.9 Å². The van der Waals surface area contributed by atoms with E-state index in [-0.39, 0.29) is 0 Å². The van der Waals surface area contributed by atoms with Crippen LogP contribution in [0.4, 0.5) is 5.82 Å². The number of rotatable bonds is 3. The van der Waals surface area contributed by atoms with Crippen molar-refractivity contribution in [3.63, 3.8) is 0 Å². The Balaban J connectivity index is 2.25. The Morgan fingerprint density at radius 3 is 3.12 bits per heavy atom. The lowest BCUT2D eigenvalue weighted by Crippen LogP contribution is -2.03. The molecule has 0 aliphatic rings. The minimum atomic E-state index is 0.385. The molecule has 0 amide bonds. The zero-order valence-electron chi connectivity index (χ0n) is 8.80. The molecule has 0 fully saturated rings. The standard InChI is InChI=1S/C9H12N6O/c1-5(15-16)2-3-6-13-8(10)7-9(14-6)12-4-11-7/h4,16H,2-3H2,1H3,(H3,10,11,12,13,14). The van der Waals surface area contributed by atoms with Gasteiger partial charge in [-0.3, -0.25) is 0 Å². The molecule has 2 aromatic rings. The molecule has 0 aliphatic heterocycles. The van der Waals surface area contributed by atoms with E-state index >= 15 is 0 Å². The van der Waals surface area contributed by atoms with E-state index in [0.29, 0.717) is 41.4 Å². The summed E-state index contributed by atoms with van der Waals surface area (Å²) in [5.41, 5.74) is 7.57. The quantitative estimate of drug-likeness (QED) is 0.400. The number of imidazole rings is 1. The molecule has 0 saturated heterocycles. The van der Waals surface area contributed by atoms with Crippen molar-refractivity contribution in [3.05, 3.63) is 12.2 Å². The van der Waals surface area contributed by atoms with Crippen LogP contribution in [0.15, 0.2) is 11.5 Å². The van der Waals surface area contributed by atoms with Gasteiger partial charge in [0.25, 0.3) is 0 Å². The molecule has 7 heteroatoms.